The van der Waals surface area contributed by atoms with Crippen LogP contribution in [0.25, 0.3) is 0 Å². The summed E-state index contributed by atoms with van der Waals surface area (Å²) in [6, 6.07) is -1.23. The number of carbonyl (C=O) groups is 3. The molecule has 0 fully saturated rings. The zero-order valence-corrected chi connectivity index (χ0v) is 10.5. The summed E-state index contributed by atoms with van der Waals surface area (Å²) in [6.07, 6.45) is 0.627. The van der Waals surface area contributed by atoms with Gasteiger partial charge < -0.3 is 10.8 Å². The molecule has 0 radical (unpaired) electrons. The monoisotopic (exact) mass is 244 g/mol. The van der Waals surface area contributed by atoms with Crippen molar-refractivity contribution in [2.75, 3.05) is 0 Å². The van der Waals surface area contributed by atoms with Crippen molar-refractivity contribution in [1.29, 1.82) is 0 Å². The molecular weight excluding hydrogens is 224 g/mol. The van der Waals surface area contributed by atoms with E-state index in [4.69, 9.17) is 10.8 Å². The van der Waals surface area contributed by atoms with Crippen molar-refractivity contribution in [2.45, 2.75) is 46.1 Å². The molecule has 17 heavy (non-hydrogen) atoms. The third kappa shape index (κ3) is 4.42. The lowest BCUT2D eigenvalue weighted by Gasteiger charge is -2.31. The predicted molar refractivity (Wildman–Crippen MR) is 62.2 cm³/mol. The molecule has 6 heteroatoms. The average Bonchev–Trinajstić information content (AvgIpc) is 2.22. The van der Waals surface area contributed by atoms with E-state index in [0.29, 0.717) is 6.42 Å². The van der Waals surface area contributed by atoms with Crippen LogP contribution in [0.2, 0.25) is 0 Å². The Hall–Kier alpha value is -1.59. The summed E-state index contributed by atoms with van der Waals surface area (Å²) in [5.74, 6) is -1.93. The minimum Gasteiger partial charge on any atom is -0.481 e. The molecule has 0 rings (SSSR count). The third-order valence-corrected chi connectivity index (χ3v) is 2.86. The maximum absolute atomic E-state index is 11.7. The van der Waals surface area contributed by atoms with Gasteiger partial charge in [-0.2, -0.15) is 0 Å². The smallest absolute Gasteiger partial charge is 0.321 e. The Kier molecular flexibility index (Phi) is 6.23. The van der Waals surface area contributed by atoms with E-state index < -0.39 is 24.3 Å². The lowest BCUT2D eigenvalue weighted by Crippen LogP contribution is -2.50. The Morgan fingerprint density at radius 1 is 1.24 bits per heavy atom. The van der Waals surface area contributed by atoms with Gasteiger partial charge >= 0.3 is 12.0 Å². The molecule has 0 saturated heterocycles. The highest BCUT2D eigenvalue weighted by molar-refractivity contribution is 6.01. The number of amides is 3. The van der Waals surface area contributed by atoms with Crippen LogP contribution in [0, 0.1) is 5.92 Å². The molecule has 0 aromatic rings. The van der Waals surface area contributed by atoms with Gasteiger partial charge in [0.2, 0.25) is 5.91 Å². The third-order valence-electron chi connectivity index (χ3n) is 2.86. The van der Waals surface area contributed by atoms with Gasteiger partial charge in [-0.3, -0.25) is 14.5 Å². The molecule has 0 bridgehead atoms. The molecule has 2 atom stereocenters. The van der Waals surface area contributed by atoms with E-state index in [1.54, 1.807) is 0 Å². The number of carboxylic acid groups (broad SMARTS) is 1. The predicted octanol–water partition coefficient (Wildman–Crippen LogP) is 1.19. The van der Waals surface area contributed by atoms with E-state index >= 15 is 0 Å². The fraction of sp³-hybridized carbons (Fsp3) is 0.727. The lowest BCUT2D eigenvalue weighted by molar-refractivity contribution is -0.144. The number of primary amides is 1. The van der Waals surface area contributed by atoms with E-state index in [2.05, 4.69) is 0 Å². The second-order valence-corrected chi connectivity index (χ2v) is 4.03. The van der Waals surface area contributed by atoms with Crippen molar-refractivity contribution < 1.29 is 19.5 Å². The van der Waals surface area contributed by atoms with E-state index in [-0.39, 0.29) is 12.0 Å². The quantitative estimate of drug-likeness (QED) is 0.685. The summed E-state index contributed by atoms with van der Waals surface area (Å²) in [6.45, 7) is 5.67. The van der Waals surface area contributed by atoms with Crippen LogP contribution in [0.15, 0.2) is 0 Å². The Morgan fingerprint density at radius 2 is 1.76 bits per heavy atom. The molecule has 3 amide bonds. The van der Waals surface area contributed by atoms with Crippen LogP contribution in [0.3, 0.4) is 0 Å². The van der Waals surface area contributed by atoms with E-state index in [9.17, 15) is 14.4 Å². The van der Waals surface area contributed by atoms with Crippen LogP contribution in [0.4, 0.5) is 4.79 Å². The number of aliphatic carboxylic acids is 1. The number of rotatable bonds is 6. The summed E-state index contributed by atoms with van der Waals surface area (Å²) in [5, 5.41) is 8.57. The maximum Gasteiger partial charge on any atom is 0.321 e. The number of nitrogens with two attached hydrogens (primary N) is 1. The molecule has 3 N–H and O–H groups in total. The molecule has 0 aromatic carbocycles. The Bertz CT molecular complexity index is 304. The van der Waals surface area contributed by atoms with Crippen LogP contribution < -0.4 is 5.73 Å². The number of hydrogen-bond acceptors (Lipinski definition) is 3. The van der Waals surface area contributed by atoms with Gasteiger partial charge in [0.15, 0.2) is 0 Å². The highest BCUT2D eigenvalue weighted by Crippen LogP contribution is 2.18. The molecule has 2 unspecified atom stereocenters. The fourth-order valence-corrected chi connectivity index (χ4v) is 1.80. The highest BCUT2D eigenvalue weighted by Gasteiger charge is 2.31. The minimum atomic E-state index is -1.26. The number of carboxylic acids is 1. The second-order valence-electron chi connectivity index (χ2n) is 4.03. The SMILES string of the molecule is CCC(C)C(CC)N(C(N)=O)C(=O)CC(=O)O. The first-order valence-electron chi connectivity index (χ1n) is 5.68. The van der Waals surface area contributed by atoms with Gasteiger partial charge in [0.05, 0.1) is 0 Å². The van der Waals surface area contributed by atoms with Crippen LogP contribution in [-0.4, -0.2) is 34.0 Å². The van der Waals surface area contributed by atoms with E-state index in [1.807, 2.05) is 20.8 Å². The zero-order chi connectivity index (χ0) is 13.6. The fourth-order valence-electron chi connectivity index (χ4n) is 1.80. The largest absolute Gasteiger partial charge is 0.481 e. The summed E-state index contributed by atoms with van der Waals surface area (Å²) < 4.78 is 0. The number of imide groups is 1. The summed E-state index contributed by atoms with van der Waals surface area (Å²) in [5.41, 5.74) is 5.16. The van der Waals surface area contributed by atoms with Crippen molar-refractivity contribution in [3.63, 3.8) is 0 Å². The van der Waals surface area contributed by atoms with Crippen molar-refractivity contribution in [3.05, 3.63) is 0 Å². The molecule has 0 aliphatic carbocycles. The number of nitrogens with zero attached hydrogens (tertiary/aromatic N) is 1. The molecule has 0 aliphatic rings. The number of hydrogen-bond donors (Lipinski definition) is 2. The van der Waals surface area contributed by atoms with E-state index in [1.165, 1.54) is 0 Å². The van der Waals surface area contributed by atoms with Gasteiger partial charge in [-0.15, -0.1) is 0 Å². The van der Waals surface area contributed by atoms with Crippen LogP contribution >= 0.6 is 0 Å². The molecule has 0 aromatic heterocycles. The molecular formula is C11H20N2O4. The normalized spacial score (nSPS) is 13.8. The van der Waals surface area contributed by atoms with Gasteiger partial charge in [-0.05, 0) is 12.3 Å². The van der Waals surface area contributed by atoms with Gasteiger partial charge in [-0.1, -0.05) is 27.2 Å². The van der Waals surface area contributed by atoms with Crippen molar-refractivity contribution >= 4 is 17.9 Å². The lowest BCUT2D eigenvalue weighted by atomic mass is 9.95. The molecule has 0 spiro atoms. The molecule has 0 saturated carbocycles. The van der Waals surface area contributed by atoms with Crippen LogP contribution in [0.1, 0.15) is 40.0 Å². The number of urea groups is 1. The van der Waals surface area contributed by atoms with Gasteiger partial charge in [0.1, 0.15) is 6.42 Å². The van der Waals surface area contributed by atoms with Gasteiger partial charge in [0.25, 0.3) is 0 Å². The zero-order valence-electron chi connectivity index (χ0n) is 10.5. The first-order chi connectivity index (χ1) is 7.84. The second kappa shape index (κ2) is 6.88. The summed E-state index contributed by atoms with van der Waals surface area (Å²) in [4.78, 5) is 34.3. The standard InChI is InChI=1S/C11H20N2O4/c1-4-7(3)8(5-2)13(11(12)17)9(14)6-10(15)16/h7-8H,4-6H2,1-3H3,(H2,12,17)(H,15,16). The van der Waals surface area contributed by atoms with Crippen molar-refractivity contribution in [2.24, 2.45) is 11.7 Å². The van der Waals surface area contributed by atoms with Gasteiger partial charge in [0, 0.05) is 6.04 Å². The summed E-state index contributed by atoms with van der Waals surface area (Å²) in [7, 11) is 0. The summed E-state index contributed by atoms with van der Waals surface area (Å²) >= 11 is 0. The van der Waals surface area contributed by atoms with E-state index in [0.717, 1.165) is 11.3 Å². The maximum atomic E-state index is 11.7. The molecule has 6 nitrogen and oxygen atoms in total. The topological polar surface area (TPSA) is 101 Å². The molecule has 0 heterocycles. The minimum absolute atomic E-state index is 0.0882. The van der Waals surface area contributed by atoms with Crippen LogP contribution in [0.5, 0.6) is 0 Å². The first kappa shape index (κ1) is 15.4. The first-order valence-corrected chi connectivity index (χ1v) is 5.68. The van der Waals surface area contributed by atoms with Crippen molar-refractivity contribution in [3.8, 4) is 0 Å². The Labute approximate surface area is 101 Å². The van der Waals surface area contributed by atoms with Gasteiger partial charge in [-0.25, -0.2) is 4.79 Å². The Balaban J connectivity index is 4.99. The Morgan fingerprint density at radius 3 is 2.06 bits per heavy atom. The highest BCUT2D eigenvalue weighted by atomic mass is 16.4. The number of carbonyl (C=O) groups excluding carboxylic acids is 2. The van der Waals surface area contributed by atoms with Crippen molar-refractivity contribution in [1.82, 2.24) is 4.90 Å². The molecule has 0 aliphatic heterocycles. The van der Waals surface area contributed by atoms with Crippen LogP contribution in [-0.2, 0) is 9.59 Å². The average molecular weight is 244 g/mol. The molecule has 98 valence electrons.